The van der Waals surface area contributed by atoms with Crippen molar-refractivity contribution in [2.24, 2.45) is 0 Å². The maximum Gasteiger partial charge on any atom is 0.293 e. The summed E-state index contributed by atoms with van der Waals surface area (Å²) in [5.41, 5.74) is 2.16. The van der Waals surface area contributed by atoms with Crippen LogP contribution >= 0.6 is 0 Å². The smallest absolute Gasteiger partial charge is 0.293 e. The molecule has 1 fully saturated rings. The Morgan fingerprint density at radius 1 is 1.04 bits per heavy atom. The zero-order valence-electron chi connectivity index (χ0n) is 15.2. The highest BCUT2D eigenvalue weighted by molar-refractivity contribution is 6.09. The van der Waals surface area contributed by atoms with Crippen LogP contribution in [0.5, 0.6) is 0 Å². The lowest BCUT2D eigenvalue weighted by Crippen LogP contribution is -2.26. The summed E-state index contributed by atoms with van der Waals surface area (Å²) in [4.78, 5) is 30.4. The van der Waals surface area contributed by atoms with Gasteiger partial charge in [0, 0.05) is 29.4 Å². The number of hydrogen-bond acceptors (Lipinski definition) is 5. The van der Waals surface area contributed by atoms with Crippen molar-refractivity contribution in [3.05, 3.63) is 99.9 Å². The van der Waals surface area contributed by atoms with Gasteiger partial charge in [-0.25, -0.2) is 0 Å². The molecule has 0 atom stereocenters. The lowest BCUT2D eigenvalue weighted by Gasteiger charge is -2.24. The van der Waals surface area contributed by atoms with E-state index in [1.165, 1.54) is 6.07 Å². The Hall–Kier alpha value is -3.54. The standard InChI is InChI=1S/C22H19N3O3/c26-22(16-6-2-1-3-7-16)17-9-12-20(21(14-17)25(27)28)24(19-10-11-19)15-18-8-4-5-13-23-18/h1-9,12-14,19H,10-11,15H2. The second-order valence-electron chi connectivity index (χ2n) is 6.84. The third-order valence-corrected chi connectivity index (χ3v) is 4.83. The molecule has 1 aliphatic rings. The first-order chi connectivity index (χ1) is 13.6. The van der Waals surface area contributed by atoms with Gasteiger partial charge in [-0.1, -0.05) is 36.4 Å². The van der Waals surface area contributed by atoms with Crippen molar-refractivity contribution >= 4 is 17.2 Å². The third kappa shape index (κ3) is 3.76. The minimum atomic E-state index is -0.412. The van der Waals surface area contributed by atoms with Crippen LogP contribution in [-0.4, -0.2) is 21.7 Å². The number of ketones is 1. The third-order valence-electron chi connectivity index (χ3n) is 4.83. The van der Waals surface area contributed by atoms with E-state index in [1.807, 2.05) is 29.2 Å². The molecule has 0 spiro atoms. The van der Waals surface area contributed by atoms with E-state index >= 15 is 0 Å². The summed E-state index contributed by atoms with van der Waals surface area (Å²) >= 11 is 0. The van der Waals surface area contributed by atoms with E-state index in [0.29, 0.717) is 23.4 Å². The molecule has 2 aromatic carbocycles. The van der Waals surface area contributed by atoms with Crippen LogP contribution in [0.1, 0.15) is 34.5 Å². The van der Waals surface area contributed by atoms with Gasteiger partial charge >= 0.3 is 0 Å². The number of benzene rings is 2. The number of nitrogens with zero attached hydrogens (tertiary/aromatic N) is 3. The highest BCUT2D eigenvalue weighted by Gasteiger charge is 2.33. The molecule has 28 heavy (non-hydrogen) atoms. The molecule has 4 rings (SSSR count). The molecule has 1 saturated carbocycles. The molecule has 1 aliphatic carbocycles. The summed E-state index contributed by atoms with van der Waals surface area (Å²) in [6.45, 7) is 0.498. The van der Waals surface area contributed by atoms with Crippen LogP contribution in [0.15, 0.2) is 72.9 Å². The number of nitro benzene ring substituents is 1. The summed E-state index contributed by atoms with van der Waals surface area (Å²) in [6.07, 6.45) is 3.71. The predicted octanol–water partition coefficient (Wildman–Crippen LogP) is 4.39. The predicted molar refractivity (Wildman–Crippen MR) is 106 cm³/mol. The molecule has 1 heterocycles. The van der Waals surface area contributed by atoms with Gasteiger partial charge in [0.1, 0.15) is 5.69 Å². The summed E-state index contributed by atoms with van der Waals surface area (Å²) in [7, 11) is 0. The molecule has 0 bridgehead atoms. The number of carbonyl (C=O) groups is 1. The van der Waals surface area contributed by atoms with Gasteiger partial charge in [0.2, 0.25) is 0 Å². The second-order valence-corrected chi connectivity index (χ2v) is 6.84. The average Bonchev–Trinajstić information content (AvgIpc) is 3.58. The molecule has 3 aromatic rings. The molecule has 0 N–H and O–H groups in total. The van der Waals surface area contributed by atoms with Gasteiger partial charge in [0.15, 0.2) is 5.78 Å². The minimum absolute atomic E-state index is 0.0513. The number of rotatable bonds is 7. The largest absolute Gasteiger partial charge is 0.357 e. The molecule has 140 valence electrons. The number of carbonyl (C=O) groups excluding carboxylic acids is 1. The maximum atomic E-state index is 12.7. The van der Waals surface area contributed by atoms with Crippen molar-refractivity contribution in [3.63, 3.8) is 0 Å². The molecule has 0 saturated heterocycles. The van der Waals surface area contributed by atoms with Crippen molar-refractivity contribution in [2.75, 3.05) is 4.90 Å². The summed E-state index contributed by atoms with van der Waals surface area (Å²) < 4.78 is 0. The minimum Gasteiger partial charge on any atom is -0.357 e. The summed E-state index contributed by atoms with van der Waals surface area (Å²) in [5.74, 6) is -0.224. The number of pyridine rings is 1. The Kier molecular flexibility index (Phi) is 4.85. The lowest BCUT2D eigenvalue weighted by molar-refractivity contribution is -0.384. The first-order valence-corrected chi connectivity index (χ1v) is 9.18. The zero-order chi connectivity index (χ0) is 19.5. The van der Waals surface area contributed by atoms with Crippen LogP contribution in [0.4, 0.5) is 11.4 Å². The highest BCUT2D eigenvalue weighted by atomic mass is 16.6. The van der Waals surface area contributed by atoms with Crippen molar-refractivity contribution < 1.29 is 9.72 Å². The highest BCUT2D eigenvalue weighted by Crippen LogP contribution is 2.38. The van der Waals surface area contributed by atoms with Crippen LogP contribution in [0, 0.1) is 10.1 Å². The van der Waals surface area contributed by atoms with E-state index in [9.17, 15) is 14.9 Å². The quantitative estimate of drug-likeness (QED) is 0.349. The SMILES string of the molecule is O=C(c1ccccc1)c1ccc(N(Cc2ccccn2)C2CC2)c([N+](=O)[O-])c1. The molecule has 6 nitrogen and oxygen atoms in total. The number of nitro groups is 1. The normalized spacial score (nSPS) is 13.1. The van der Waals surface area contributed by atoms with Gasteiger partial charge in [-0.15, -0.1) is 0 Å². The Morgan fingerprint density at radius 3 is 2.43 bits per heavy atom. The van der Waals surface area contributed by atoms with E-state index in [0.717, 1.165) is 18.5 Å². The van der Waals surface area contributed by atoms with Crippen molar-refractivity contribution in [1.82, 2.24) is 4.98 Å². The fourth-order valence-electron chi connectivity index (χ4n) is 3.27. The van der Waals surface area contributed by atoms with E-state index in [2.05, 4.69) is 4.98 Å². The topological polar surface area (TPSA) is 76.3 Å². The fourth-order valence-corrected chi connectivity index (χ4v) is 3.27. The monoisotopic (exact) mass is 373 g/mol. The molecule has 6 heteroatoms. The van der Waals surface area contributed by atoms with Crippen LogP contribution in [0.2, 0.25) is 0 Å². The first-order valence-electron chi connectivity index (χ1n) is 9.18. The van der Waals surface area contributed by atoms with E-state index in [4.69, 9.17) is 0 Å². The first kappa shape index (κ1) is 17.9. The lowest BCUT2D eigenvalue weighted by atomic mass is 10.0. The molecular formula is C22H19N3O3. The maximum absolute atomic E-state index is 12.7. The fraction of sp³-hybridized carbons (Fsp3) is 0.182. The van der Waals surface area contributed by atoms with E-state index in [1.54, 1.807) is 42.6 Å². The Labute approximate surface area is 162 Å². The molecule has 0 radical (unpaired) electrons. The van der Waals surface area contributed by atoms with Crippen LogP contribution in [-0.2, 0) is 6.54 Å². The molecule has 0 aliphatic heterocycles. The van der Waals surface area contributed by atoms with Gasteiger partial charge in [0.05, 0.1) is 17.2 Å². The van der Waals surface area contributed by atoms with Crippen LogP contribution < -0.4 is 4.90 Å². The van der Waals surface area contributed by atoms with Crippen LogP contribution in [0.25, 0.3) is 0 Å². The zero-order valence-corrected chi connectivity index (χ0v) is 15.2. The Balaban J connectivity index is 1.70. The number of anilines is 1. The van der Waals surface area contributed by atoms with Crippen molar-refractivity contribution in [2.45, 2.75) is 25.4 Å². The van der Waals surface area contributed by atoms with Gasteiger partial charge in [-0.3, -0.25) is 19.9 Å². The van der Waals surface area contributed by atoms with Gasteiger partial charge < -0.3 is 4.90 Å². The van der Waals surface area contributed by atoms with E-state index in [-0.39, 0.29) is 17.5 Å². The molecular weight excluding hydrogens is 354 g/mol. The summed E-state index contributed by atoms with van der Waals surface area (Å²) in [5, 5.41) is 11.8. The number of hydrogen-bond donors (Lipinski definition) is 0. The van der Waals surface area contributed by atoms with Crippen molar-refractivity contribution in [3.8, 4) is 0 Å². The molecule has 0 unspecified atom stereocenters. The number of aromatic nitrogens is 1. The molecule has 0 amide bonds. The van der Waals surface area contributed by atoms with Gasteiger partial charge in [-0.05, 0) is 37.1 Å². The Bertz CT molecular complexity index is 1000. The Morgan fingerprint density at radius 2 is 1.79 bits per heavy atom. The summed E-state index contributed by atoms with van der Waals surface area (Å²) in [6, 6.07) is 19.5. The average molecular weight is 373 g/mol. The second kappa shape index (κ2) is 7.60. The van der Waals surface area contributed by atoms with Gasteiger partial charge in [0.25, 0.3) is 5.69 Å². The van der Waals surface area contributed by atoms with Crippen molar-refractivity contribution in [1.29, 1.82) is 0 Å². The van der Waals surface area contributed by atoms with E-state index < -0.39 is 4.92 Å². The van der Waals surface area contributed by atoms with Crippen LogP contribution in [0.3, 0.4) is 0 Å². The van der Waals surface area contributed by atoms with Gasteiger partial charge in [-0.2, -0.15) is 0 Å². The molecule has 1 aromatic heterocycles.